The van der Waals surface area contributed by atoms with Crippen molar-refractivity contribution in [3.8, 4) is 0 Å². The lowest BCUT2D eigenvalue weighted by molar-refractivity contribution is 0.656. The van der Waals surface area contributed by atoms with Crippen molar-refractivity contribution in [1.82, 2.24) is 0 Å². The van der Waals surface area contributed by atoms with Gasteiger partial charge in [0.25, 0.3) is 0 Å². The van der Waals surface area contributed by atoms with Crippen molar-refractivity contribution in [2.75, 3.05) is 0 Å². The van der Waals surface area contributed by atoms with Crippen molar-refractivity contribution in [1.29, 1.82) is 0 Å². The summed E-state index contributed by atoms with van der Waals surface area (Å²) >= 11 is 0. The molecular weight excluding hydrogens is 324 g/mol. The van der Waals surface area contributed by atoms with Crippen molar-refractivity contribution < 1.29 is 0 Å². The Balaban J connectivity index is 2.05. The number of unbranched alkanes of at least 4 members (excludes halogenated alkanes) is 6. The summed E-state index contributed by atoms with van der Waals surface area (Å²) in [6.45, 7) is 6.95. The Morgan fingerprint density at radius 2 is 1.33 bits per heavy atom. The van der Waals surface area contributed by atoms with E-state index in [0.717, 1.165) is 6.42 Å². The van der Waals surface area contributed by atoms with Gasteiger partial charge in [0, 0.05) is 0 Å². The van der Waals surface area contributed by atoms with Gasteiger partial charge in [0.05, 0.1) is 0 Å². The largest absolute Gasteiger partial charge is 0.0654 e. The van der Waals surface area contributed by atoms with Gasteiger partial charge in [-0.2, -0.15) is 0 Å². The zero-order chi connectivity index (χ0) is 19.3. The quantitative estimate of drug-likeness (QED) is 0.314. The molecule has 2 aromatic rings. The summed E-state index contributed by atoms with van der Waals surface area (Å²) in [5.74, 6) is 0.580. The molecule has 27 heavy (non-hydrogen) atoms. The van der Waals surface area contributed by atoms with Crippen LogP contribution in [0.1, 0.15) is 100 Å². The van der Waals surface area contributed by atoms with Crippen LogP contribution in [0.2, 0.25) is 0 Å². The van der Waals surface area contributed by atoms with E-state index in [1.165, 1.54) is 69.8 Å². The average Bonchev–Trinajstić information content (AvgIpc) is 2.70. The van der Waals surface area contributed by atoms with E-state index in [1.807, 2.05) is 0 Å². The molecule has 0 aromatic heterocycles. The molecule has 0 radical (unpaired) electrons. The van der Waals surface area contributed by atoms with E-state index in [9.17, 15) is 0 Å². The standard InChI is InChI=1S/C27H40/c1-4-6-8-11-15-24-19-20-27(26(22-24)18-12-9-7-5-2)21-23(3)25-16-13-10-14-17-25/h10,13-14,16-17,19-20,22-23H,4-9,11-12,15,18,21H2,1-3H3. The maximum atomic E-state index is 2.53. The van der Waals surface area contributed by atoms with Crippen LogP contribution in [0.5, 0.6) is 0 Å². The SMILES string of the molecule is CCCCCCc1ccc(CC(C)c2ccccc2)c(CCCCCC)c1. The number of rotatable bonds is 13. The van der Waals surface area contributed by atoms with Crippen LogP contribution >= 0.6 is 0 Å². The second kappa shape index (κ2) is 12.8. The van der Waals surface area contributed by atoms with Gasteiger partial charge in [0.1, 0.15) is 0 Å². The third-order valence-corrected chi connectivity index (χ3v) is 5.78. The lowest BCUT2D eigenvalue weighted by Crippen LogP contribution is -2.03. The zero-order valence-electron chi connectivity index (χ0n) is 18.0. The van der Waals surface area contributed by atoms with Gasteiger partial charge in [-0.3, -0.25) is 0 Å². The van der Waals surface area contributed by atoms with Crippen LogP contribution < -0.4 is 0 Å². The van der Waals surface area contributed by atoms with Gasteiger partial charge in [-0.25, -0.2) is 0 Å². The predicted molar refractivity (Wildman–Crippen MR) is 121 cm³/mol. The number of aryl methyl sites for hydroxylation is 2. The molecule has 2 aromatic carbocycles. The molecule has 1 unspecified atom stereocenters. The molecule has 0 saturated heterocycles. The Kier molecular flexibility index (Phi) is 10.3. The first-order valence-corrected chi connectivity index (χ1v) is 11.4. The smallest absolute Gasteiger partial charge is 0.0150 e. The molecule has 0 nitrogen and oxygen atoms in total. The van der Waals surface area contributed by atoms with Gasteiger partial charge in [-0.1, -0.05) is 108 Å². The molecule has 0 saturated carbocycles. The summed E-state index contributed by atoms with van der Waals surface area (Å²) in [7, 11) is 0. The lowest BCUT2D eigenvalue weighted by Gasteiger charge is -2.17. The van der Waals surface area contributed by atoms with E-state index in [0.29, 0.717) is 5.92 Å². The molecule has 0 heterocycles. The molecule has 0 heteroatoms. The van der Waals surface area contributed by atoms with E-state index in [-0.39, 0.29) is 0 Å². The lowest BCUT2D eigenvalue weighted by atomic mass is 9.88. The minimum Gasteiger partial charge on any atom is -0.0654 e. The summed E-state index contributed by atoms with van der Waals surface area (Å²) in [6.07, 6.45) is 14.4. The molecule has 148 valence electrons. The second-order valence-corrected chi connectivity index (χ2v) is 8.24. The molecule has 0 bridgehead atoms. The van der Waals surface area contributed by atoms with Crippen LogP contribution in [0, 0.1) is 0 Å². The molecule has 0 spiro atoms. The van der Waals surface area contributed by atoms with E-state index in [1.54, 1.807) is 16.7 Å². The van der Waals surface area contributed by atoms with Gasteiger partial charge in [0.15, 0.2) is 0 Å². The summed E-state index contributed by atoms with van der Waals surface area (Å²) < 4.78 is 0. The van der Waals surface area contributed by atoms with Crippen LogP contribution in [0.15, 0.2) is 48.5 Å². The molecule has 0 fully saturated rings. The Labute approximate surface area is 168 Å². The van der Waals surface area contributed by atoms with Gasteiger partial charge >= 0.3 is 0 Å². The van der Waals surface area contributed by atoms with Gasteiger partial charge in [-0.05, 0) is 60.3 Å². The van der Waals surface area contributed by atoms with E-state index in [2.05, 4.69) is 69.3 Å². The Bertz CT molecular complexity index is 626. The van der Waals surface area contributed by atoms with Crippen LogP contribution in [-0.2, 0) is 19.3 Å². The zero-order valence-corrected chi connectivity index (χ0v) is 18.0. The maximum Gasteiger partial charge on any atom is -0.0150 e. The number of hydrogen-bond acceptors (Lipinski definition) is 0. The number of benzene rings is 2. The molecule has 0 N–H and O–H groups in total. The Morgan fingerprint density at radius 3 is 2.00 bits per heavy atom. The fraction of sp³-hybridized carbons (Fsp3) is 0.556. The second-order valence-electron chi connectivity index (χ2n) is 8.24. The molecule has 1 atom stereocenters. The first-order valence-electron chi connectivity index (χ1n) is 11.4. The highest BCUT2D eigenvalue weighted by atomic mass is 14.2. The first-order chi connectivity index (χ1) is 13.2. The van der Waals surface area contributed by atoms with E-state index in [4.69, 9.17) is 0 Å². The predicted octanol–water partition coefficient (Wildman–Crippen LogP) is 8.28. The Morgan fingerprint density at radius 1 is 0.667 bits per heavy atom. The molecule has 0 aliphatic carbocycles. The van der Waals surface area contributed by atoms with Crippen molar-refractivity contribution in [3.63, 3.8) is 0 Å². The van der Waals surface area contributed by atoms with Gasteiger partial charge in [-0.15, -0.1) is 0 Å². The molecule has 0 amide bonds. The highest BCUT2D eigenvalue weighted by Crippen LogP contribution is 2.25. The van der Waals surface area contributed by atoms with Gasteiger partial charge in [0.2, 0.25) is 0 Å². The number of hydrogen-bond donors (Lipinski definition) is 0. The average molecular weight is 365 g/mol. The third-order valence-electron chi connectivity index (χ3n) is 5.78. The van der Waals surface area contributed by atoms with Crippen LogP contribution in [-0.4, -0.2) is 0 Å². The normalized spacial score (nSPS) is 12.3. The topological polar surface area (TPSA) is 0 Å². The molecular formula is C27H40. The van der Waals surface area contributed by atoms with Crippen molar-refractivity contribution in [3.05, 3.63) is 70.8 Å². The minimum absolute atomic E-state index is 0.580. The Hall–Kier alpha value is -1.56. The van der Waals surface area contributed by atoms with Crippen LogP contribution in [0.25, 0.3) is 0 Å². The molecule has 0 aliphatic heterocycles. The van der Waals surface area contributed by atoms with E-state index < -0.39 is 0 Å². The highest BCUT2D eigenvalue weighted by Gasteiger charge is 2.11. The first kappa shape index (κ1) is 21.7. The fourth-order valence-electron chi connectivity index (χ4n) is 3.99. The van der Waals surface area contributed by atoms with Crippen molar-refractivity contribution in [2.45, 2.75) is 97.3 Å². The minimum atomic E-state index is 0.580. The molecule has 2 rings (SSSR count). The maximum absolute atomic E-state index is 2.53. The monoisotopic (exact) mass is 364 g/mol. The highest BCUT2D eigenvalue weighted by molar-refractivity contribution is 5.34. The van der Waals surface area contributed by atoms with Crippen molar-refractivity contribution in [2.24, 2.45) is 0 Å². The van der Waals surface area contributed by atoms with Crippen LogP contribution in [0.4, 0.5) is 0 Å². The van der Waals surface area contributed by atoms with Crippen molar-refractivity contribution >= 4 is 0 Å². The third kappa shape index (κ3) is 7.91. The van der Waals surface area contributed by atoms with E-state index >= 15 is 0 Å². The van der Waals surface area contributed by atoms with Crippen LogP contribution in [0.3, 0.4) is 0 Å². The van der Waals surface area contributed by atoms with Gasteiger partial charge < -0.3 is 0 Å². The summed E-state index contributed by atoms with van der Waals surface area (Å²) in [6, 6.07) is 18.3. The summed E-state index contributed by atoms with van der Waals surface area (Å²) in [5, 5.41) is 0. The molecule has 0 aliphatic rings. The summed E-state index contributed by atoms with van der Waals surface area (Å²) in [5.41, 5.74) is 6.19. The fourth-order valence-corrected chi connectivity index (χ4v) is 3.99. The summed E-state index contributed by atoms with van der Waals surface area (Å²) in [4.78, 5) is 0.